The lowest BCUT2D eigenvalue weighted by atomic mass is 10.0. The highest BCUT2D eigenvalue weighted by molar-refractivity contribution is 6.23. The fourth-order valence-electron chi connectivity index (χ4n) is 7.35. The fraction of sp³-hybridized carbons (Fsp3) is 0. The van der Waals surface area contributed by atoms with Gasteiger partial charge in [-0.3, -0.25) is 4.98 Å². The molecule has 0 atom stereocenters. The maximum Gasteiger partial charge on any atom is 0.0894 e. The molecule has 3 aromatic heterocycles. The highest BCUT2D eigenvalue weighted by Gasteiger charge is 2.21. The van der Waals surface area contributed by atoms with Crippen molar-refractivity contribution in [3.05, 3.63) is 170 Å². The van der Waals surface area contributed by atoms with Gasteiger partial charge in [-0.25, -0.2) is 4.98 Å². The Bertz CT molecular complexity index is 2810. The van der Waals surface area contributed by atoms with Gasteiger partial charge in [0.1, 0.15) is 0 Å². The van der Waals surface area contributed by atoms with Gasteiger partial charge in [0.25, 0.3) is 0 Å². The van der Waals surface area contributed by atoms with Crippen molar-refractivity contribution < 1.29 is 0 Å². The zero-order chi connectivity index (χ0) is 31.6. The van der Waals surface area contributed by atoms with E-state index in [0.29, 0.717) is 0 Å². The number of hydrogen-bond donors (Lipinski definition) is 0. The van der Waals surface area contributed by atoms with Crippen LogP contribution in [0.4, 0.5) is 0 Å². The quantitative estimate of drug-likeness (QED) is 0.198. The second-order valence-corrected chi connectivity index (χ2v) is 12.3. The zero-order valence-electron chi connectivity index (χ0n) is 26.0. The molecule has 0 amide bonds. The van der Waals surface area contributed by atoms with Gasteiger partial charge in [-0.15, -0.1) is 0 Å². The number of hydrogen-bond acceptors (Lipinski definition) is 2. The van der Waals surface area contributed by atoms with Crippen molar-refractivity contribution in [2.75, 3.05) is 0 Å². The first kappa shape index (κ1) is 26.7. The Morgan fingerprint density at radius 3 is 1.46 bits per heavy atom. The second-order valence-electron chi connectivity index (χ2n) is 12.3. The average Bonchev–Trinajstić information content (AvgIpc) is 3.68. The van der Waals surface area contributed by atoms with Gasteiger partial charge in [0.05, 0.1) is 45.0 Å². The molecule has 10 aromatic rings. The van der Waals surface area contributed by atoms with E-state index in [-0.39, 0.29) is 0 Å². The molecule has 0 spiro atoms. The Morgan fingerprint density at radius 1 is 0.354 bits per heavy atom. The third-order valence-corrected chi connectivity index (χ3v) is 9.57. The van der Waals surface area contributed by atoms with Crippen LogP contribution in [0.15, 0.2) is 170 Å². The maximum absolute atomic E-state index is 4.83. The molecule has 3 heterocycles. The van der Waals surface area contributed by atoms with Crippen LogP contribution >= 0.6 is 0 Å². The van der Waals surface area contributed by atoms with E-state index in [1.54, 1.807) is 0 Å². The van der Waals surface area contributed by atoms with E-state index < -0.39 is 0 Å². The molecule has 0 saturated carbocycles. The molecule has 0 aliphatic heterocycles. The van der Waals surface area contributed by atoms with Gasteiger partial charge in [-0.1, -0.05) is 115 Å². The van der Waals surface area contributed by atoms with Gasteiger partial charge in [0.15, 0.2) is 0 Å². The molecule has 0 fully saturated rings. The van der Waals surface area contributed by atoms with Crippen molar-refractivity contribution in [2.45, 2.75) is 0 Å². The molecule has 0 unspecified atom stereocenters. The standard InChI is InChI=1S/C44H28N4/c1-2-10-32(11-3-1)47-41-16-8-4-12-34(41)36-26-27-37-35-13-5-9-17-42(35)48(44(37)43(36)47)33-24-22-30(23-25-33)29-18-20-31(21-19-29)40-28-45-38-14-6-7-15-39(38)46-40/h1-28H. The summed E-state index contributed by atoms with van der Waals surface area (Å²) in [5, 5.41) is 4.99. The minimum atomic E-state index is 0.876. The topological polar surface area (TPSA) is 35.6 Å². The molecule has 0 bridgehead atoms. The van der Waals surface area contributed by atoms with Crippen molar-refractivity contribution in [3.8, 4) is 33.8 Å². The van der Waals surface area contributed by atoms with E-state index in [2.05, 4.69) is 154 Å². The van der Waals surface area contributed by atoms with Crippen LogP contribution in [0.3, 0.4) is 0 Å². The molecule has 224 valence electrons. The molecule has 4 heteroatoms. The fourth-order valence-corrected chi connectivity index (χ4v) is 7.35. The SMILES string of the molecule is c1ccc(-n2c3ccccc3c3ccc4c5ccccc5n(-c5ccc(-c6ccc(-c7cnc8ccccc8n7)cc6)cc5)c4c32)cc1. The summed E-state index contributed by atoms with van der Waals surface area (Å²) in [6.45, 7) is 0. The summed E-state index contributed by atoms with van der Waals surface area (Å²) in [5.74, 6) is 0. The van der Waals surface area contributed by atoms with Crippen LogP contribution in [0.1, 0.15) is 0 Å². The van der Waals surface area contributed by atoms with Crippen LogP contribution in [-0.2, 0) is 0 Å². The second kappa shape index (κ2) is 10.5. The first-order chi connectivity index (χ1) is 23.8. The van der Waals surface area contributed by atoms with Crippen LogP contribution in [0.25, 0.3) is 88.4 Å². The molecule has 0 aliphatic carbocycles. The highest BCUT2D eigenvalue weighted by atomic mass is 15.0. The van der Waals surface area contributed by atoms with E-state index in [0.717, 1.165) is 39.2 Å². The van der Waals surface area contributed by atoms with Crippen LogP contribution in [0.5, 0.6) is 0 Å². The molecule has 10 rings (SSSR count). The summed E-state index contributed by atoms with van der Waals surface area (Å²) < 4.78 is 4.87. The predicted molar refractivity (Wildman–Crippen MR) is 199 cm³/mol. The summed E-state index contributed by atoms with van der Waals surface area (Å²) in [4.78, 5) is 9.43. The number of fused-ring (bicyclic) bond motifs is 8. The lowest BCUT2D eigenvalue weighted by Crippen LogP contribution is -1.98. The Morgan fingerprint density at radius 2 is 0.833 bits per heavy atom. The predicted octanol–water partition coefficient (Wildman–Crippen LogP) is 11.2. The molecule has 0 radical (unpaired) electrons. The summed E-state index contributed by atoms with van der Waals surface area (Å²) in [7, 11) is 0. The van der Waals surface area contributed by atoms with Gasteiger partial charge < -0.3 is 9.13 Å². The van der Waals surface area contributed by atoms with Crippen molar-refractivity contribution in [1.29, 1.82) is 0 Å². The van der Waals surface area contributed by atoms with E-state index in [1.165, 1.54) is 49.2 Å². The van der Waals surface area contributed by atoms with E-state index in [1.807, 2.05) is 30.5 Å². The molecule has 48 heavy (non-hydrogen) atoms. The highest BCUT2D eigenvalue weighted by Crippen LogP contribution is 2.41. The minimum absolute atomic E-state index is 0.876. The number of para-hydroxylation sites is 5. The van der Waals surface area contributed by atoms with Crippen molar-refractivity contribution >= 4 is 54.6 Å². The van der Waals surface area contributed by atoms with E-state index >= 15 is 0 Å². The lowest BCUT2D eigenvalue weighted by Gasteiger charge is -2.13. The van der Waals surface area contributed by atoms with Gasteiger partial charge in [0.2, 0.25) is 0 Å². The molecular weight excluding hydrogens is 585 g/mol. The summed E-state index contributed by atoms with van der Waals surface area (Å²) >= 11 is 0. The minimum Gasteiger partial charge on any atom is -0.307 e. The summed E-state index contributed by atoms with van der Waals surface area (Å²) in [5.41, 5.74) is 13.2. The van der Waals surface area contributed by atoms with Crippen LogP contribution in [0, 0.1) is 0 Å². The van der Waals surface area contributed by atoms with Gasteiger partial charge >= 0.3 is 0 Å². The molecule has 0 aliphatic rings. The molecular formula is C44H28N4. The lowest BCUT2D eigenvalue weighted by molar-refractivity contribution is 1.15. The van der Waals surface area contributed by atoms with Gasteiger partial charge in [-0.05, 0) is 59.7 Å². The Labute approximate surface area is 276 Å². The van der Waals surface area contributed by atoms with Crippen LogP contribution in [-0.4, -0.2) is 19.1 Å². The number of rotatable bonds is 4. The summed E-state index contributed by atoms with van der Waals surface area (Å²) in [6, 6.07) is 58.3. The maximum atomic E-state index is 4.83. The molecule has 4 nitrogen and oxygen atoms in total. The van der Waals surface area contributed by atoms with Crippen molar-refractivity contribution in [3.63, 3.8) is 0 Å². The van der Waals surface area contributed by atoms with Crippen molar-refractivity contribution in [2.24, 2.45) is 0 Å². The zero-order valence-corrected chi connectivity index (χ0v) is 26.0. The van der Waals surface area contributed by atoms with Crippen molar-refractivity contribution in [1.82, 2.24) is 19.1 Å². The normalized spacial score (nSPS) is 11.8. The Hall–Kier alpha value is -6.52. The molecule has 0 saturated heterocycles. The monoisotopic (exact) mass is 612 g/mol. The Balaban J connectivity index is 1.13. The number of nitrogens with zero attached hydrogens (tertiary/aromatic N) is 4. The average molecular weight is 613 g/mol. The largest absolute Gasteiger partial charge is 0.307 e. The summed E-state index contributed by atoms with van der Waals surface area (Å²) in [6.07, 6.45) is 1.85. The molecule has 7 aromatic carbocycles. The number of aromatic nitrogens is 4. The smallest absolute Gasteiger partial charge is 0.0894 e. The first-order valence-electron chi connectivity index (χ1n) is 16.3. The third kappa shape index (κ3) is 4.03. The molecule has 0 N–H and O–H groups in total. The first-order valence-corrected chi connectivity index (χ1v) is 16.3. The van der Waals surface area contributed by atoms with E-state index in [9.17, 15) is 0 Å². The van der Waals surface area contributed by atoms with Gasteiger partial charge in [0, 0.05) is 38.5 Å². The van der Waals surface area contributed by atoms with Crippen LogP contribution in [0.2, 0.25) is 0 Å². The van der Waals surface area contributed by atoms with Gasteiger partial charge in [-0.2, -0.15) is 0 Å². The Kier molecular flexibility index (Phi) is 5.84. The third-order valence-electron chi connectivity index (χ3n) is 9.57. The van der Waals surface area contributed by atoms with Crippen LogP contribution < -0.4 is 0 Å². The number of benzene rings is 7. The van der Waals surface area contributed by atoms with E-state index in [4.69, 9.17) is 4.98 Å².